The zero-order valence-corrected chi connectivity index (χ0v) is 10.5. The lowest BCUT2D eigenvalue weighted by molar-refractivity contribution is -0.122. The molecule has 1 aromatic carbocycles. The average Bonchev–Trinajstić information content (AvgIpc) is 2.37. The highest BCUT2D eigenvalue weighted by Gasteiger charge is 2.20. The summed E-state index contributed by atoms with van der Waals surface area (Å²) in [6.07, 6.45) is 7.37. The van der Waals surface area contributed by atoms with E-state index in [0.717, 1.165) is 12.8 Å². The summed E-state index contributed by atoms with van der Waals surface area (Å²) in [5.74, 6) is 2.64. The summed E-state index contributed by atoms with van der Waals surface area (Å²) in [6, 6.07) is 9.96. The third-order valence-corrected chi connectivity index (χ3v) is 2.92. The molecule has 0 bridgehead atoms. The number of hydrogen-bond acceptors (Lipinski definition) is 1. The number of amides is 1. The molecule has 0 aliphatic carbocycles. The monoisotopic (exact) mass is 229 g/mol. The van der Waals surface area contributed by atoms with Crippen molar-refractivity contribution in [2.45, 2.75) is 38.6 Å². The minimum absolute atomic E-state index is 0.0103. The topological polar surface area (TPSA) is 29.1 Å². The lowest BCUT2D eigenvalue weighted by Crippen LogP contribution is -2.44. The number of carbonyl (C=O) groups excluding carboxylic acids is 1. The Hall–Kier alpha value is -1.75. The second-order valence-electron chi connectivity index (χ2n) is 4.36. The van der Waals surface area contributed by atoms with Crippen LogP contribution in [0.25, 0.3) is 0 Å². The first kappa shape index (κ1) is 13.3. The van der Waals surface area contributed by atoms with Crippen molar-refractivity contribution in [3.05, 3.63) is 35.9 Å². The molecule has 0 saturated heterocycles. The molecule has 0 fully saturated rings. The number of rotatable bonds is 5. The molecule has 0 unspecified atom stereocenters. The van der Waals surface area contributed by atoms with Gasteiger partial charge in [-0.25, -0.2) is 0 Å². The van der Waals surface area contributed by atoms with E-state index in [-0.39, 0.29) is 5.91 Å². The van der Waals surface area contributed by atoms with E-state index in [9.17, 15) is 4.79 Å². The molecule has 1 atom stereocenters. The van der Waals surface area contributed by atoms with Gasteiger partial charge in [-0.15, -0.1) is 6.42 Å². The zero-order valence-electron chi connectivity index (χ0n) is 10.5. The van der Waals surface area contributed by atoms with Crippen LogP contribution in [0, 0.1) is 12.3 Å². The van der Waals surface area contributed by atoms with Crippen LogP contribution in [0.5, 0.6) is 0 Å². The van der Waals surface area contributed by atoms with E-state index in [2.05, 4.69) is 11.2 Å². The second-order valence-corrected chi connectivity index (χ2v) is 4.36. The van der Waals surface area contributed by atoms with E-state index in [0.29, 0.717) is 6.42 Å². The number of terminal acetylenes is 1. The van der Waals surface area contributed by atoms with Gasteiger partial charge in [0.1, 0.15) is 0 Å². The van der Waals surface area contributed by atoms with Gasteiger partial charge in [0, 0.05) is 6.42 Å². The Kier molecular flexibility index (Phi) is 4.78. The fraction of sp³-hybridized carbons (Fsp3) is 0.400. The van der Waals surface area contributed by atoms with Gasteiger partial charge in [-0.1, -0.05) is 43.2 Å². The maximum absolute atomic E-state index is 11.7. The zero-order chi connectivity index (χ0) is 12.7. The largest absolute Gasteiger partial charge is 0.340 e. The van der Waals surface area contributed by atoms with Crippen LogP contribution in [-0.4, -0.2) is 11.4 Å². The van der Waals surface area contributed by atoms with Crippen LogP contribution in [0.3, 0.4) is 0 Å². The molecule has 0 heterocycles. The van der Waals surface area contributed by atoms with E-state index in [4.69, 9.17) is 6.42 Å². The molecule has 0 aromatic heterocycles. The van der Waals surface area contributed by atoms with Crippen molar-refractivity contribution in [1.29, 1.82) is 0 Å². The van der Waals surface area contributed by atoms with Gasteiger partial charge in [0.05, 0.1) is 5.54 Å². The van der Waals surface area contributed by atoms with Crippen LogP contribution in [0.15, 0.2) is 30.3 Å². The summed E-state index contributed by atoms with van der Waals surface area (Å²) < 4.78 is 0. The van der Waals surface area contributed by atoms with Crippen LogP contribution >= 0.6 is 0 Å². The average molecular weight is 229 g/mol. The standard InChI is InChI=1S/C15H19NO/c1-4-15(3,5-2)16-14(17)12-11-13-9-7-6-8-10-13/h1,6-10H,5,11-12H2,2-3H3,(H,16,17)/t15-/m1/s1. The molecule has 0 saturated carbocycles. The first-order valence-corrected chi connectivity index (χ1v) is 5.92. The van der Waals surface area contributed by atoms with Gasteiger partial charge in [0.25, 0.3) is 0 Å². The molecule has 17 heavy (non-hydrogen) atoms. The molecule has 1 amide bonds. The predicted molar refractivity (Wildman–Crippen MR) is 70.4 cm³/mol. The van der Waals surface area contributed by atoms with Crippen molar-refractivity contribution in [3.8, 4) is 12.3 Å². The number of benzene rings is 1. The van der Waals surface area contributed by atoms with Gasteiger partial charge in [-0.05, 0) is 25.3 Å². The quantitative estimate of drug-likeness (QED) is 0.772. The number of hydrogen-bond donors (Lipinski definition) is 1. The fourth-order valence-corrected chi connectivity index (χ4v) is 1.50. The van der Waals surface area contributed by atoms with Crippen LogP contribution in [0.2, 0.25) is 0 Å². The van der Waals surface area contributed by atoms with Gasteiger partial charge in [-0.3, -0.25) is 4.79 Å². The minimum Gasteiger partial charge on any atom is -0.340 e. The van der Waals surface area contributed by atoms with Crippen LogP contribution < -0.4 is 5.32 Å². The Balaban J connectivity index is 2.44. The predicted octanol–water partition coefficient (Wildman–Crippen LogP) is 2.54. The lowest BCUT2D eigenvalue weighted by Gasteiger charge is -2.23. The third kappa shape index (κ3) is 4.32. The summed E-state index contributed by atoms with van der Waals surface area (Å²) in [4.78, 5) is 11.7. The molecule has 90 valence electrons. The normalized spacial score (nSPS) is 13.5. The highest BCUT2D eigenvalue weighted by Crippen LogP contribution is 2.08. The van der Waals surface area contributed by atoms with Crippen molar-refractivity contribution in [2.75, 3.05) is 0 Å². The van der Waals surface area contributed by atoms with Crippen LogP contribution in [-0.2, 0) is 11.2 Å². The molecule has 2 heteroatoms. The maximum atomic E-state index is 11.7. The molecule has 1 N–H and O–H groups in total. The Bertz CT molecular complexity index is 405. The minimum atomic E-state index is -0.520. The van der Waals surface area contributed by atoms with Gasteiger partial charge >= 0.3 is 0 Å². The van der Waals surface area contributed by atoms with Crippen molar-refractivity contribution < 1.29 is 4.79 Å². The number of aryl methyl sites for hydroxylation is 1. The molecule has 0 aliphatic rings. The second kappa shape index (κ2) is 6.10. The van der Waals surface area contributed by atoms with E-state index in [1.165, 1.54) is 5.56 Å². The van der Waals surface area contributed by atoms with Crippen molar-refractivity contribution in [1.82, 2.24) is 5.32 Å². The van der Waals surface area contributed by atoms with Crippen LogP contribution in [0.4, 0.5) is 0 Å². The fourth-order valence-electron chi connectivity index (χ4n) is 1.50. The molecule has 1 aromatic rings. The molecule has 0 aliphatic heterocycles. The smallest absolute Gasteiger partial charge is 0.221 e. The van der Waals surface area contributed by atoms with Crippen molar-refractivity contribution in [3.63, 3.8) is 0 Å². The molecule has 1 rings (SSSR count). The summed E-state index contributed by atoms with van der Waals surface area (Å²) in [7, 11) is 0. The van der Waals surface area contributed by atoms with E-state index >= 15 is 0 Å². The maximum Gasteiger partial charge on any atom is 0.221 e. The number of carbonyl (C=O) groups is 1. The molecule has 2 nitrogen and oxygen atoms in total. The Morgan fingerprint density at radius 1 is 1.41 bits per heavy atom. The van der Waals surface area contributed by atoms with Crippen molar-refractivity contribution >= 4 is 5.91 Å². The van der Waals surface area contributed by atoms with E-state index in [1.807, 2.05) is 44.2 Å². The van der Waals surface area contributed by atoms with E-state index < -0.39 is 5.54 Å². The van der Waals surface area contributed by atoms with Gasteiger partial charge in [0.15, 0.2) is 0 Å². The van der Waals surface area contributed by atoms with Crippen molar-refractivity contribution in [2.24, 2.45) is 0 Å². The van der Waals surface area contributed by atoms with Gasteiger partial charge in [-0.2, -0.15) is 0 Å². The summed E-state index contributed by atoms with van der Waals surface area (Å²) >= 11 is 0. The third-order valence-electron chi connectivity index (χ3n) is 2.92. The van der Waals surface area contributed by atoms with Gasteiger partial charge < -0.3 is 5.32 Å². The SMILES string of the molecule is C#C[C@](C)(CC)NC(=O)CCc1ccccc1. The van der Waals surface area contributed by atoms with Crippen LogP contribution in [0.1, 0.15) is 32.3 Å². The molecular formula is C15H19NO. The Labute approximate surface area is 103 Å². The van der Waals surface area contributed by atoms with E-state index in [1.54, 1.807) is 0 Å². The molecule has 0 spiro atoms. The number of nitrogens with one attached hydrogen (secondary N) is 1. The molecule has 0 radical (unpaired) electrons. The molecular weight excluding hydrogens is 210 g/mol. The highest BCUT2D eigenvalue weighted by molar-refractivity contribution is 5.77. The first-order valence-electron chi connectivity index (χ1n) is 5.92. The van der Waals surface area contributed by atoms with Gasteiger partial charge in [0.2, 0.25) is 5.91 Å². The first-order chi connectivity index (χ1) is 8.09. The summed E-state index contributed by atoms with van der Waals surface area (Å²) in [5.41, 5.74) is 0.648. The Morgan fingerprint density at radius 3 is 2.59 bits per heavy atom. The summed E-state index contributed by atoms with van der Waals surface area (Å²) in [6.45, 7) is 3.84. The summed E-state index contributed by atoms with van der Waals surface area (Å²) in [5, 5.41) is 2.89. The highest BCUT2D eigenvalue weighted by atomic mass is 16.1. The Morgan fingerprint density at radius 2 is 2.06 bits per heavy atom. The lowest BCUT2D eigenvalue weighted by atomic mass is 9.99.